The number of benzene rings is 1. The molecule has 1 heterocycles. The molecule has 112 valence electrons. The van der Waals surface area contributed by atoms with Crippen molar-refractivity contribution >= 4 is 29.9 Å². The third-order valence-electron chi connectivity index (χ3n) is 3.93. The van der Waals surface area contributed by atoms with E-state index >= 15 is 0 Å². The van der Waals surface area contributed by atoms with Crippen LogP contribution in [0.1, 0.15) is 25.8 Å². The zero-order chi connectivity index (χ0) is 13.9. The van der Waals surface area contributed by atoms with Crippen LogP contribution in [0.5, 0.6) is 0 Å². The Bertz CT molecular complexity index is 444. The van der Waals surface area contributed by atoms with Crippen LogP contribution in [-0.4, -0.2) is 49.5 Å². The van der Waals surface area contributed by atoms with Crippen molar-refractivity contribution in [2.24, 2.45) is 4.99 Å². The molecule has 1 unspecified atom stereocenters. The van der Waals surface area contributed by atoms with Crippen LogP contribution in [0.4, 0.5) is 0 Å². The van der Waals surface area contributed by atoms with Crippen LogP contribution in [0, 0.1) is 0 Å². The number of hydrogen-bond donors (Lipinski definition) is 0. The predicted octanol–water partition coefficient (Wildman–Crippen LogP) is 3.21. The fraction of sp³-hybridized carbons (Fsp3) is 0.562. The summed E-state index contributed by atoms with van der Waals surface area (Å²) in [4.78, 5) is 9.17. The summed E-state index contributed by atoms with van der Waals surface area (Å²) in [7, 11) is 4.15. The zero-order valence-electron chi connectivity index (χ0n) is 13.0. The largest absolute Gasteiger partial charge is 0.349 e. The molecule has 0 saturated carbocycles. The topological polar surface area (TPSA) is 18.8 Å². The molecule has 1 saturated heterocycles. The van der Waals surface area contributed by atoms with Crippen molar-refractivity contribution in [1.82, 2.24) is 9.80 Å². The van der Waals surface area contributed by atoms with Crippen molar-refractivity contribution in [2.75, 3.05) is 33.7 Å². The van der Waals surface area contributed by atoms with Crippen LogP contribution in [0.25, 0.3) is 0 Å². The molecule has 20 heavy (non-hydrogen) atoms. The van der Waals surface area contributed by atoms with Gasteiger partial charge in [-0.05, 0) is 18.9 Å². The first-order valence-corrected chi connectivity index (χ1v) is 7.09. The minimum atomic E-state index is 0. The minimum Gasteiger partial charge on any atom is -0.349 e. The van der Waals surface area contributed by atoms with Crippen molar-refractivity contribution in [3.8, 4) is 0 Å². The Labute approximate surface area is 140 Å². The molecule has 1 aliphatic heterocycles. The maximum absolute atomic E-state index is 4.63. The third kappa shape index (κ3) is 3.65. The van der Waals surface area contributed by atoms with Gasteiger partial charge in [0.1, 0.15) is 0 Å². The van der Waals surface area contributed by atoms with Gasteiger partial charge in [-0.3, -0.25) is 4.99 Å². The summed E-state index contributed by atoms with van der Waals surface area (Å²) in [5, 5.41) is 0. The van der Waals surface area contributed by atoms with E-state index < -0.39 is 0 Å². The van der Waals surface area contributed by atoms with Gasteiger partial charge in [-0.15, -0.1) is 24.0 Å². The van der Waals surface area contributed by atoms with Crippen molar-refractivity contribution < 1.29 is 0 Å². The lowest BCUT2D eigenvalue weighted by atomic mass is 9.82. The molecule has 0 aromatic heterocycles. The van der Waals surface area contributed by atoms with Gasteiger partial charge in [0.2, 0.25) is 0 Å². The number of likely N-dealkylation sites (tertiary alicyclic amines) is 1. The van der Waals surface area contributed by atoms with Gasteiger partial charge in [0.25, 0.3) is 0 Å². The van der Waals surface area contributed by atoms with E-state index in [2.05, 4.69) is 73.1 Å². The molecule has 2 rings (SSSR count). The van der Waals surface area contributed by atoms with Crippen molar-refractivity contribution in [3.05, 3.63) is 35.9 Å². The fourth-order valence-corrected chi connectivity index (χ4v) is 2.87. The van der Waals surface area contributed by atoms with Crippen LogP contribution in [0.15, 0.2) is 35.3 Å². The molecule has 1 aromatic rings. The van der Waals surface area contributed by atoms with E-state index in [-0.39, 0.29) is 29.4 Å². The zero-order valence-corrected chi connectivity index (χ0v) is 15.3. The van der Waals surface area contributed by atoms with Gasteiger partial charge in [-0.25, -0.2) is 0 Å². The van der Waals surface area contributed by atoms with E-state index in [1.807, 2.05) is 0 Å². The summed E-state index contributed by atoms with van der Waals surface area (Å²) in [6.07, 6.45) is 1.19. The Morgan fingerprint density at radius 2 is 1.95 bits per heavy atom. The van der Waals surface area contributed by atoms with Crippen LogP contribution < -0.4 is 0 Å². The Balaban J connectivity index is 0.00000200. The maximum Gasteiger partial charge on any atom is 0.196 e. The van der Waals surface area contributed by atoms with E-state index in [1.54, 1.807) is 0 Å². The molecule has 0 bridgehead atoms. The van der Waals surface area contributed by atoms with Gasteiger partial charge in [0.05, 0.1) is 0 Å². The Hall–Kier alpha value is -0.780. The first kappa shape index (κ1) is 17.3. The molecular formula is C16H26IN3. The second-order valence-corrected chi connectivity index (χ2v) is 5.77. The predicted molar refractivity (Wildman–Crippen MR) is 97.1 cm³/mol. The van der Waals surface area contributed by atoms with E-state index in [0.29, 0.717) is 0 Å². The number of nitrogens with zero attached hydrogens (tertiary/aromatic N) is 3. The number of halogens is 1. The van der Waals surface area contributed by atoms with Crippen molar-refractivity contribution in [3.63, 3.8) is 0 Å². The second kappa shape index (κ2) is 7.29. The number of aliphatic imine (C=N–C) groups is 1. The monoisotopic (exact) mass is 387 g/mol. The molecule has 1 atom stereocenters. The lowest BCUT2D eigenvalue weighted by Gasteiger charge is -2.29. The first-order chi connectivity index (χ1) is 9.07. The average Bonchev–Trinajstić information content (AvgIpc) is 2.80. The lowest BCUT2D eigenvalue weighted by molar-refractivity contribution is 0.399. The Kier molecular flexibility index (Phi) is 6.30. The van der Waals surface area contributed by atoms with Gasteiger partial charge >= 0.3 is 0 Å². The quantitative estimate of drug-likeness (QED) is 0.441. The molecule has 0 spiro atoms. The number of hydrogen-bond acceptors (Lipinski definition) is 1. The molecule has 0 radical (unpaired) electrons. The smallest absolute Gasteiger partial charge is 0.196 e. The molecular weight excluding hydrogens is 361 g/mol. The highest BCUT2D eigenvalue weighted by Crippen LogP contribution is 2.34. The van der Waals surface area contributed by atoms with E-state index in [0.717, 1.165) is 25.6 Å². The standard InChI is InChI=1S/C16H25N3.HI/c1-5-17-15(18(3)4)19-12-11-16(2,13-19)14-9-7-6-8-10-14;/h6-10H,5,11-13H2,1-4H3;1H. The van der Waals surface area contributed by atoms with E-state index in [4.69, 9.17) is 0 Å². The van der Waals surface area contributed by atoms with Crippen LogP contribution in [0.3, 0.4) is 0 Å². The van der Waals surface area contributed by atoms with Gasteiger partial charge in [-0.2, -0.15) is 0 Å². The van der Waals surface area contributed by atoms with E-state index in [9.17, 15) is 0 Å². The molecule has 0 aliphatic carbocycles. The second-order valence-electron chi connectivity index (χ2n) is 5.77. The molecule has 0 amide bonds. The van der Waals surface area contributed by atoms with Crippen molar-refractivity contribution in [1.29, 1.82) is 0 Å². The van der Waals surface area contributed by atoms with Crippen LogP contribution >= 0.6 is 24.0 Å². The normalized spacial score (nSPS) is 22.6. The van der Waals surface area contributed by atoms with Crippen LogP contribution in [0.2, 0.25) is 0 Å². The SMILES string of the molecule is CCN=C(N(C)C)N1CCC(C)(c2ccccc2)C1.I. The molecule has 1 fully saturated rings. The Morgan fingerprint density at radius 1 is 1.30 bits per heavy atom. The van der Waals surface area contributed by atoms with Gasteiger partial charge in [0.15, 0.2) is 5.96 Å². The average molecular weight is 387 g/mol. The highest BCUT2D eigenvalue weighted by Gasteiger charge is 2.36. The van der Waals surface area contributed by atoms with Gasteiger partial charge in [-0.1, -0.05) is 37.3 Å². The molecule has 1 aliphatic rings. The molecule has 0 N–H and O–H groups in total. The fourth-order valence-electron chi connectivity index (χ4n) is 2.87. The van der Waals surface area contributed by atoms with Crippen LogP contribution in [-0.2, 0) is 5.41 Å². The van der Waals surface area contributed by atoms with Gasteiger partial charge in [0, 0.05) is 39.1 Å². The maximum atomic E-state index is 4.63. The number of rotatable bonds is 2. The summed E-state index contributed by atoms with van der Waals surface area (Å²) in [5.41, 5.74) is 1.68. The van der Waals surface area contributed by atoms with Crippen molar-refractivity contribution in [2.45, 2.75) is 25.7 Å². The summed E-state index contributed by atoms with van der Waals surface area (Å²) >= 11 is 0. The third-order valence-corrected chi connectivity index (χ3v) is 3.93. The summed E-state index contributed by atoms with van der Waals surface area (Å²) in [5.74, 6) is 1.11. The molecule has 1 aromatic carbocycles. The summed E-state index contributed by atoms with van der Waals surface area (Å²) in [6.45, 7) is 7.43. The number of guanidine groups is 1. The highest BCUT2D eigenvalue weighted by atomic mass is 127. The molecule has 4 heteroatoms. The molecule has 3 nitrogen and oxygen atoms in total. The van der Waals surface area contributed by atoms with E-state index in [1.165, 1.54) is 12.0 Å². The summed E-state index contributed by atoms with van der Waals surface area (Å²) in [6, 6.07) is 10.8. The highest BCUT2D eigenvalue weighted by molar-refractivity contribution is 14.0. The minimum absolute atomic E-state index is 0. The first-order valence-electron chi connectivity index (χ1n) is 7.09. The Morgan fingerprint density at radius 3 is 2.50 bits per heavy atom. The summed E-state index contributed by atoms with van der Waals surface area (Å²) < 4.78 is 0. The van der Waals surface area contributed by atoms with Gasteiger partial charge < -0.3 is 9.80 Å². The lowest BCUT2D eigenvalue weighted by Crippen LogP contribution is -2.41.